The number of morpholine rings is 1. The monoisotopic (exact) mass is 254 g/mol. The third-order valence-electron chi connectivity index (χ3n) is 3.03. The number of rotatable bonds is 0. The van der Waals surface area contributed by atoms with E-state index in [9.17, 15) is 4.79 Å². The number of carbonyl (C=O) groups excluding carboxylic acids is 1. The molecule has 1 fully saturated rings. The van der Waals surface area contributed by atoms with Crippen LogP contribution in [0.1, 0.15) is 6.92 Å². The van der Waals surface area contributed by atoms with Crippen molar-refractivity contribution in [3.8, 4) is 0 Å². The fourth-order valence-corrected chi connectivity index (χ4v) is 2.41. The number of hydrogen-bond donors (Lipinski definition) is 1. The summed E-state index contributed by atoms with van der Waals surface area (Å²) < 4.78 is 5.48. The Bertz CT molecular complexity index is 481. The van der Waals surface area contributed by atoms with Gasteiger partial charge in [0.1, 0.15) is 11.7 Å². The molecular formula is C10H11ClN4O2. The van der Waals surface area contributed by atoms with Crippen LogP contribution in [0.5, 0.6) is 0 Å². The number of halogens is 1. The van der Waals surface area contributed by atoms with Crippen molar-refractivity contribution in [1.29, 1.82) is 0 Å². The molecule has 6 nitrogen and oxygen atoms in total. The van der Waals surface area contributed by atoms with Gasteiger partial charge < -0.3 is 15.0 Å². The lowest BCUT2D eigenvalue weighted by atomic mass is 10.1. The van der Waals surface area contributed by atoms with Crippen LogP contribution < -0.4 is 10.2 Å². The van der Waals surface area contributed by atoms with Gasteiger partial charge in [0.15, 0.2) is 5.82 Å². The molecule has 2 atom stereocenters. The van der Waals surface area contributed by atoms with Crippen molar-refractivity contribution in [2.24, 2.45) is 0 Å². The molecule has 0 aromatic carbocycles. The Hall–Kier alpha value is -1.40. The minimum atomic E-state index is -0.345. The number of hydrogen-bond acceptors (Lipinski definition) is 5. The number of carbonyl (C=O) groups is 1. The lowest BCUT2D eigenvalue weighted by Crippen LogP contribution is -2.59. The van der Waals surface area contributed by atoms with Crippen LogP contribution in [0.3, 0.4) is 0 Å². The Labute approximate surface area is 103 Å². The molecule has 17 heavy (non-hydrogen) atoms. The fourth-order valence-electron chi connectivity index (χ4n) is 2.28. The summed E-state index contributed by atoms with van der Waals surface area (Å²) >= 11 is 5.79. The maximum absolute atomic E-state index is 12.0. The Balaban J connectivity index is 2.08. The summed E-state index contributed by atoms with van der Waals surface area (Å²) in [5.41, 5.74) is 0.602. The Kier molecular flexibility index (Phi) is 2.41. The number of anilines is 2. The predicted octanol–water partition coefficient (Wildman–Crippen LogP) is 0.676. The smallest absolute Gasteiger partial charge is 0.249 e. The minimum Gasteiger partial charge on any atom is -0.374 e. The molecule has 1 aromatic heterocycles. The summed E-state index contributed by atoms with van der Waals surface area (Å²) in [7, 11) is 0. The molecule has 1 N–H and O–H groups in total. The van der Waals surface area contributed by atoms with Gasteiger partial charge in [-0.15, -0.1) is 0 Å². The van der Waals surface area contributed by atoms with Gasteiger partial charge in [-0.1, -0.05) is 0 Å². The zero-order chi connectivity index (χ0) is 12.0. The number of ether oxygens (including phenoxy) is 1. The molecule has 2 aliphatic heterocycles. The van der Waals surface area contributed by atoms with Gasteiger partial charge in [-0.2, -0.15) is 4.98 Å². The van der Waals surface area contributed by atoms with Crippen LogP contribution in [0, 0.1) is 0 Å². The molecule has 0 spiro atoms. The van der Waals surface area contributed by atoms with Crippen LogP contribution >= 0.6 is 11.6 Å². The van der Waals surface area contributed by atoms with Crippen molar-refractivity contribution in [2.75, 3.05) is 23.4 Å². The second-order valence-corrected chi connectivity index (χ2v) is 4.42. The van der Waals surface area contributed by atoms with E-state index in [4.69, 9.17) is 16.3 Å². The van der Waals surface area contributed by atoms with Crippen molar-refractivity contribution in [3.05, 3.63) is 11.5 Å². The maximum Gasteiger partial charge on any atom is 0.249 e. The molecule has 2 aliphatic rings. The van der Waals surface area contributed by atoms with E-state index >= 15 is 0 Å². The van der Waals surface area contributed by atoms with Crippen molar-refractivity contribution >= 4 is 29.0 Å². The van der Waals surface area contributed by atoms with Crippen LogP contribution in [-0.2, 0) is 9.53 Å². The first kappa shape index (κ1) is 10.7. The molecule has 0 aliphatic carbocycles. The number of nitrogens with zero attached hydrogens (tertiary/aromatic N) is 3. The van der Waals surface area contributed by atoms with Gasteiger partial charge in [0.05, 0.1) is 18.9 Å². The van der Waals surface area contributed by atoms with Gasteiger partial charge in [-0.05, 0) is 18.5 Å². The maximum atomic E-state index is 12.0. The van der Waals surface area contributed by atoms with Gasteiger partial charge in [0, 0.05) is 6.54 Å². The van der Waals surface area contributed by atoms with Gasteiger partial charge in [0.2, 0.25) is 11.2 Å². The molecule has 0 unspecified atom stereocenters. The van der Waals surface area contributed by atoms with E-state index in [0.717, 1.165) is 0 Å². The number of nitrogens with one attached hydrogen (secondary N) is 1. The average Bonchev–Trinajstić information content (AvgIpc) is 2.30. The minimum absolute atomic E-state index is 0.0874. The summed E-state index contributed by atoms with van der Waals surface area (Å²) in [6.45, 7) is 3.08. The van der Waals surface area contributed by atoms with E-state index in [-0.39, 0.29) is 23.3 Å². The zero-order valence-corrected chi connectivity index (χ0v) is 9.94. The van der Waals surface area contributed by atoms with Gasteiger partial charge in [-0.3, -0.25) is 4.79 Å². The quantitative estimate of drug-likeness (QED) is 0.690. The Morgan fingerprint density at radius 1 is 1.65 bits per heavy atom. The molecule has 0 saturated carbocycles. The molecular weight excluding hydrogens is 244 g/mol. The molecule has 1 aromatic rings. The highest BCUT2D eigenvalue weighted by molar-refractivity contribution is 6.28. The Morgan fingerprint density at radius 2 is 2.47 bits per heavy atom. The molecule has 1 amide bonds. The summed E-state index contributed by atoms with van der Waals surface area (Å²) in [4.78, 5) is 21.9. The highest BCUT2D eigenvalue weighted by Gasteiger charge is 2.40. The molecule has 0 bridgehead atoms. The molecule has 3 heterocycles. The van der Waals surface area contributed by atoms with Crippen molar-refractivity contribution in [1.82, 2.24) is 9.97 Å². The van der Waals surface area contributed by atoms with Gasteiger partial charge >= 0.3 is 0 Å². The Morgan fingerprint density at radius 3 is 3.29 bits per heavy atom. The fraction of sp³-hybridized carbons (Fsp3) is 0.500. The van der Waals surface area contributed by atoms with Crippen LogP contribution in [0.15, 0.2) is 6.20 Å². The van der Waals surface area contributed by atoms with Crippen molar-refractivity contribution in [3.63, 3.8) is 0 Å². The van der Waals surface area contributed by atoms with Crippen molar-refractivity contribution < 1.29 is 9.53 Å². The lowest BCUT2D eigenvalue weighted by Gasteiger charge is -2.42. The normalized spacial score (nSPS) is 27.2. The SMILES string of the molecule is C[C@@H]1OCCN2c3nc(Cl)ncc3NC(=O)[C@@H]12. The zero-order valence-electron chi connectivity index (χ0n) is 9.18. The molecule has 90 valence electrons. The van der Waals surface area contributed by atoms with E-state index < -0.39 is 0 Å². The third-order valence-corrected chi connectivity index (χ3v) is 3.21. The van der Waals surface area contributed by atoms with Crippen LogP contribution in [0.25, 0.3) is 0 Å². The predicted molar refractivity (Wildman–Crippen MR) is 62.2 cm³/mol. The van der Waals surface area contributed by atoms with Gasteiger partial charge in [-0.25, -0.2) is 4.98 Å². The number of aromatic nitrogens is 2. The average molecular weight is 255 g/mol. The van der Waals surface area contributed by atoms with Crippen LogP contribution in [0.4, 0.5) is 11.5 Å². The second-order valence-electron chi connectivity index (χ2n) is 4.08. The largest absolute Gasteiger partial charge is 0.374 e. The van der Waals surface area contributed by atoms with E-state index in [1.165, 1.54) is 6.20 Å². The van der Waals surface area contributed by atoms with Crippen molar-refractivity contribution in [2.45, 2.75) is 19.1 Å². The standard InChI is InChI=1S/C10H11ClN4O2/c1-5-7-9(16)13-6-4-12-10(11)14-8(6)15(7)2-3-17-5/h4-5,7H,2-3H2,1H3,(H,13,16)/t5-,7+/m0/s1. The van der Waals surface area contributed by atoms with E-state index in [2.05, 4.69) is 15.3 Å². The van der Waals surface area contributed by atoms with E-state index in [0.29, 0.717) is 24.7 Å². The van der Waals surface area contributed by atoms with E-state index in [1.807, 2.05) is 11.8 Å². The first-order valence-electron chi connectivity index (χ1n) is 5.38. The number of amides is 1. The topological polar surface area (TPSA) is 67.3 Å². The molecule has 0 radical (unpaired) electrons. The van der Waals surface area contributed by atoms with Crippen LogP contribution in [-0.4, -0.2) is 41.2 Å². The summed E-state index contributed by atoms with van der Waals surface area (Å²) in [5, 5.41) is 2.95. The number of fused-ring (bicyclic) bond motifs is 3. The summed E-state index contributed by atoms with van der Waals surface area (Å²) in [6.07, 6.45) is 1.37. The van der Waals surface area contributed by atoms with Gasteiger partial charge in [0.25, 0.3) is 0 Å². The molecule has 7 heteroatoms. The molecule has 1 saturated heterocycles. The lowest BCUT2D eigenvalue weighted by molar-refractivity contribution is -0.122. The first-order valence-corrected chi connectivity index (χ1v) is 5.76. The summed E-state index contributed by atoms with van der Waals surface area (Å²) in [6, 6.07) is -0.345. The van der Waals surface area contributed by atoms with E-state index in [1.54, 1.807) is 0 Å². The summed E-state index contributed by atoms with van der Waals surface area (Å²) in [5.74, 6) is 0.584. The highest BCUT2D eigenvalue weighted by atomic mass is 35.5. The second kappa shape index (κ2) is 3.82. The first-order chi connectivity index (χ1) is 8.16. The van der Waals surface area contributed by atoms with Crippen LogP contribution in [0.2, 0.25) is 5.28 Å². The third kappa shape index (κ3) is 1.64. The molecule has 3 rings (SSSR count). The highest BCUT2D eigenvalue weighted by Crippen LogP contribution is 2.33.